The third-order valence-electron chi connectivity index (χ3n) is 3.98. The van der Waals surface area contributed by atoms with E-state index in [4.69, 9.17) is 10.2 Å². The summed E-state index contributed by atoms with van der Waals surface area (Å²) in [5, 5.41) is 0.783. The van der Waals surface area contributed by atoms with Crippen LogP contribution in [0.1, 0.15) is 34.1 Å². The first-order valence-corrected chi connectivity index (χ1v) is 6.98. The van der Waals surface area contributed by atoms with Crippen LogP contribution >= 0.6 is 0 Å². The van der Waals surface area contributed by atoms with E-state index in [-0.39, 0.29) is 11.9 Å². The Bertz CT molecular complexity index is 819. The van der Waals surface area contributed by atoms with E-state index >= 15 is 0 Å². The van der Waals surface area contributed by atoms with Gasteiger partial charge in [0.1, 0.15) is 17.2 Å². The van der Waals surface area contributed by atoms with Crippen molar-refractivity contribution in [2.24, 2.45) is 5.73 Å². The van der Waals surface area contributed by atoms with Crippen molar-refractivity contribution >= 4 is 11.0 Å². The zero-order valence-corrected chi connectivity index (χ0v) is 12.4. The van der Waals surface area contributed by atoms with Gasteiger partial charge in [-0.25, -0.2) is 4.39 Å². The van der Waals surface area contributed by atoms with E-state index in [2.05, 4.69) is 13.0 Å². The zero-order valence-electron chi connectivity index (χ0n) is 12.4. The monoisotopic (exact) mass is 283 g/mol. The number of hydrogen-bond acceptors (Lipinski definition) is 2. The average molecular weight is 283 g/mol. The normalized spacial score (nSPS) is 12.8. The lowest BCUT2D eigenvalue weighted by molar-refractivity contribution is 0.520. The second-order valence-electron chi connectivity index (χ2n) is 5.57. The summed E-state index contributed by atoms with van der Waals surface area (Å²) in [4.78, 5) is 0. The Hall–Kier alpha value is -2.13. The largest absolute Gasteiger partial charge is 0.459 e. The molecule has 3 rings (SSSR count). The lowest BCUT2D eigenvalue weighted by atomic mass is 9.96. The molecule has 1 heterocycles. The van der Waals surface area contributed by atoms with Crippen LogP contribution in [0.15, 0.2) is 40.8 Å². The fourth-order valence-corrected chi connectivity index (χ4v) is 2.82. The first-order chi connectivity index (χ1) is 9.97. The molecule has 0 fully saturated rings. The Morgan fingerprint density at radius 3 is 2.52 bits per heavy atom. The molecule has 0 aliphatic carbocycles. The summed E-state index contributed by atoms with van der Waals surface area (Å²) in [5.74, 6) is 0.431. The van der Waals surface area contributed by atoms with E-state index in [0.29, 0.717) is 11.3 Å². The van der Waals surface area contributed by atoms with E-state index < -0.39 is 0 Å². The van der Waals surface area contributed by atoms with Crippen LogP contribution in [0.5, 0.6) is 0 Å². The molecule has 108 valence electrons. The van der Waals surface area contributed by atoms with Crippen LogP contribution in [0.3, 0.4) is 0 Å². The van der Waals surface area contributed by atoms with Crippen molar-refractivity contribution in [2.45, 2.75) is 26.8 Å². The molecule has 0 radical (unpaired) electrons. The Morgan fingerprint density at radius 1 is 1.05 bits per heavy atom. The number of halogens is 1. The van der Waals surface area contributed by atoms with Crippen LogP contribution in [0.2, 0.25) is 0 Å². The van der Waals surface area contributed by atoms with Crippen LogP contribution in [0.25, 0.3) is 11.0 Å². The van der Waals surface area contributed by atoms with Gasteiger partial charge >= 0.3 is 0 Å². The molecule has 21 heavy (non-hydrogen) atoms. The number of aryl methyl sites for hydroxylation is 3. The van der Waals surface area contributed by atoms with Gasteiger partial charge < -0.3 is 10.2 Å². The van der Waals surface area contributed by atoms with Crippen molar-refractivity contribution < 1.29 is 8.81 Å². The molecule has 3 aromatic rings. The maximum atomic E-state index is 13.4. The second-order valence-corrected chi connectivity index (χ2v) is 5.57. The van der Waals surface area contributed by atoms with Crippen LogP contribution < -0.4 is 5.73 Å². The van der Waals surface area contributed by atoms with Crippen molar-refractivity contribution in [2.75, 3.05) is 0 Å². The summed E-state index contributed by atoms with van der Waals surface area (Å²) in [6.07, 6.45) is 0. The fraction of sp³-hybridized carbons (Fsp3) is 0.222. The molecule has 1 aromatic heterocycles. The predicted molar refractivity (Wildman–Crippen MR) is 82.9 cm³/mol. The van der Waals surface area contributed by atoms with Crippen molar-refractivity contribution in [1.29, 1.82) is 0 Å². The average Bonchev–Trinajstić information content (AvgIpc) is 2.75. The minimum atomic E-state index is -0.346. The quantitative estimate of drug-likeness (QED) is 0.749. The van der Waals surface area contributed by atoms with E-state index in [0.717, 1.165) is 22.1 Å². The summed E-state index contributed by atoms with van der Waals surface area (Å²) in [6, 6.07) is 10.4. The van der Waals surface area contributed by atoms with Crippen molar-refractivity contribution in [3.8, 4) is 0 Å². The lowest BCUT2D eigenvalue weighted by Crippen LogP contribution is -2.13. The summed E-state index contributed by atoms with van der Waals surface area (Å²) >= 11 is 0. The first-order valence-electron chi connectivity index (χ1n) is 6.98. The molecule has 0 saturated carbocycles. The van der Waals surface area contributed by atoms with Gasteiger partial charge in [0.25, 0.3) is 0 Å². The molecule has 3 heteroatoms. The highest BCUT2D eigenvalue weighted by atomic mass is 19.1. The number of rotatable bonds is 2. The standard InChI is InChI=1S/C18H18FNO/c1-10-4-6-14(11(2)8-10)17(20)18-12(3)15-9-13(19)5-7-16(15)21-18/h4-9,17H,20H2,1-3H3. The number of hydrogen-bond donors (Lipinski definition) is 1. The van der Waals surface area contributed by atoms with E-state index in [9.17, 15) is 4.39 Å². The third kappa shape index (κ3) is 2.34. The molecule has 0 bridgehead atoms. The van der Waals surface area contributed by atoms with Crippen molar-refractivity contribution in [3.05, 3.63) is 70.2 Å². The maximum Gasteiger partial charge on any atom is 0.134 e. The molecule has 1 unspecified atom stereocenters. The highest BCUT2D eigenvalue weighted by Crippen LogP contribution is 2.33. The van der Waals surface area contributed by atoms with Gasteiger partial charge in [-0.05, 0) is 50.1 Å². The van der Waals surface area contributed by atoms with Gasteiger partial charge in [-0.15, -0.1) is 0 Å². The summed E-state index contributed by atoms with van der Waals surface area (Å²) in [7, 11) is 0. The molecule has 1 atom stereocenters. The first kappa shape index (κ1) is 13.8. The molecular formula is C18H18FNO. The van der Waals surface area contributed by atoms with Gasteiger partial charge in [-0.2, -0.15) is 0 Å². The van der Waals surface area contributed by atoms with Crippen molar-refractivity contribution in [1.82, 2.24) is 0 Å². The number of fused-ring (bicyclic) bond motifs is 1. The maximum absolute atomic E-state index is 13.4. The highest BCUT2D eigenvalue weighted by Gasteiger charge is 2.20. The lowest BCUT2D eigenvalue weighted by Gasteiger charge is -2.14. The number of benzene rings is 2. The minimum absolute atomic E-state index is 0.266. The van der Waals surface area contributed by atoms with E-state index in [1.807, 2.05) is 26.0 Å². The Balaban J connectivity index is 2.13. The Morgan fingerprint density at radius 2 is 1.81 bits per heavy atom. The van der Waals surface area contributed by atoms with E-state index in [1.54, 1.807) is 6.07 Å². The topological polar surface area (TPSA) is 39.2 Å². The van der Waals surface area contributed by atoms with Gasteiger partial charge in [0.15, 0.2) is 0 Å². The van der Waals surface area contributed by atoms with E-state index in [1.165, 1.54) is 17.7 Å². The van der Waals surface area contributed by atoms with Crippen LogP contribution in [0, 0.1) is 26.6 Å². The van der Waals surface area contributed by atoms with Gasteiger partial charge in [-0.1, -0.05) is 23.8 Å². The molecule has 2 aromatic carbocycles. The summed E-state index contributed by atoms with van der Waals surface area (Å²) in [6.45, 7) is 6.02. The predicted octanol–water partition coefficient (Wildman–Crippen LogP) is 4.55. The summed E-state index contributed by atoms with van der Waals surface area (Å²) < 4.78 is 19.2. The molecule has 0 spiro atoms. The van der Waals surface area contributed by atoms with Crippen molar-refractivity contribution in [3.63, 3.8) is 0 Å². The smallest absolute Gasteiger partial charge is 0.134 e. The van der Waals surface area contributed by atoms with Crippen LogP contribution in [-0.4, -0.2) is 0 Å². The minimum Gasteiger partial charge on any atom is -0.459 e. The molecule has 0 aliphatic heterocycles. The zero-order chi connectivity index (χ0) is 15.1. The SMILES string of the molecule is Cc1ccc(C(N)c2oc3ccc(F)cc3c2C)c(C)c1. The van der Waals surface area contributed by atoms with Gasteiger partial charge in [0.2, 0.25) is 0 Å². The Labute approximate surface area is 123 Å². The molecule has 0 amide bonds. The van der Waals surface area contributed by atoms with Gasteiger partial charge in [-0.3, -0.25) is 0 Å². The summed E-state index contributed by atoms with van der Waals surface area (Å²) in [5.41, 5.74) is 11.3. The van der Waals surface area contributed by atoms with Crippen LogP contribution in [-0.2, 0) is 0 Å². The third-order valence-corrected chi connectivity index (χ3v) is 3.98. The molecule has 2 N–H and O–H groups in total. The van der Waals surface area contributed by atoms with Crippen LogP contribution in [0.4, 0.5) is 4.39 Å². The number of furan rings is 1. The van der Waals surface area contributed by atoms with Gasteiger partial charge in [0, 0.05) is 10.9 Å². The second kappa shape index (κ2) is 5.01. The molecule has 0 aliphatic rings. The van der Waals surface area contributed by atoms with Gasteiger partial charge in [0.05, 0.1) is 6.04 Å². The highest BCUT2D eigenvalue weighted by molar-refractivity contribution is 5.82. The Kier molecular flexibility index (Phi) is 3.30. The molecule has 2 nitrogen and oxygen atoms in total. The molecule has 0 saturated heterocycles. The fourth-order valence-electron chi connectivity index (χ4n) is 2.82. The molecular weight excluding hydrogens is 265 g/mol. The number of nitrogens with two attached hydrogens (primary N) is 1.